The minimum Gasteiger partial charge on any atom is -0.497 e. The molecular formula is C13H15NO4. The van der Waals surface area contributed by atoms with Crippen LogP contribution in [-0.4, -0.2) is 26.1 Å². The minimum absolute atomic E-state index is 0.105. The minimum atomic E-state index is -0.368. The first kappa shape index (κ1) is 12.4. The first-order chi connectivity index (χ1) is 8.63. The van der Waals surface area contributed by atoms with E-state index in [1.54, 1.807) is 13.2 Å². The Bertz CT molecular complexity index is 484. The highest BCUT2D eigenvalue weighted by Gasteiger charge is 2.28. The van der Waals surface area contributed by atoms with Crippen LogP contribution < -0.4 is 10.1 Å². The van der Waals surface area contributed by atoms with Crippen molar-refractivity contribution in [2.45, 2.75) is 12.8 Å². The first-order valence-corrected chi connectivity index (χ1v) is 5.68. The van der Waals surface area contributed by atoms with Gasteiger partial charge in [0.15, 0.2) is 0 Å². The van der Waals surface area contributed by atoms with Gasteiger partial charge in [0.2, 0.25) is 5.91 Å². The van der Waals surface area contributed by atoms with Gasteiger partial charge in [-0.15, -0.1) is 0 Å². The van der Waals surface area contributed by atoms with Crippen molar-refractivity contribution in [1.82, 2.24) is 0 Å². The number of ether oxygens (including phenoxy) is 2. The quantitative estimate of drug-likeness (QED) is 0.822. The van der Waals surface area contributed by atoms with Gasteiger partial charge in [0.25, 0.3) is 0 Å². The van der Waals surface area contributed by atoms with Crippen LogP contribution in [-0.2, 0) is 20.7 Å². The summed E-state index contributed by atoms with van der Waals surface area (Å²) in [6.07, 6.45) is 0.647. The summed E-state index contributed by atoms with van der Waals surface area (Å²) >= 11 is 0. The lowest BCUT2D eigenvalue weighted by atomic mass is 9.90. The lowest BCUT2D eigenvalue weighted by Crippen LogP contribution is -2.31. The number of carbonyl (C=O) groups is 2. The third kappa shape index (κ3) is 2.45. The zero-order valence-corrected chi connectivity index (χ0v) is 10.4. The van der Waals surface area contributed by atoms with Crippen LogP contribution in [0.1, 0.15) is 12.0 Å². The van der Waals surface area contributed by atoms with E-state index in [1.807, 2.05) is 12.1 Å². The molecule has 0 spiro atoms. The van der Waals surface area contributed by atoms with Gasteiger partial charge in [-0.3, -0.25) is 9.59 Å². The van der Waals surface area contributed by atoms with Crippen molar-refractivity contribution in [3.8, 4) is 5.75 Å². The Labute approximate surface area is 105 Å². The van der Waals surface area contributed by atoms with Crippen LogP contribution in [0, 0.1) is 5.92 Å². The highest BCUT2D eigenvalue weighted by molar-refractivity contribution is 5.97. The SMILES string of the molecule is COC(=O)CC1Cc2ccc(OC)cc2NC1=O. The van der Waals surface area contributed by atoms with Crippen LogP contribution in [0.15, 0.2) is 18.2 Å². The van der Waals surface area contributed by atoms with Gasteiger partial charge in [-0.2, -0.15) is 0 Å². The Hall–Kier alpha value is -2.04. The number of hydrogen-bond acceptors (Lipinski definition) is 4. The zero-order chi connectivity index (χ0) is 13.1. The van der Waals surface area contributed by atoms with E-state index in [-0.39, 0.29) is 24.2 Å². The van der Waals surface area contributed by atoms with Gasteiger partial charge >= 0.3 is 5.97 Å². The summed E-state index contributed by atoms with van der Waals surface area (Å²) in [6.45, 7) is 0. The molecule has 96 valence electrons. The standard InChI is InChI=1S/C13H15NO4/c1-17-10-4-3-8-5-9(6-12(15)18-2)13(16)14-11(8)7-10/h3-4,7,9H,5-6H2,1-2H3,(H,14,16). The van der Waals surface area contributed by atoms with E-state index in [1.165, 1.54) is 7.11 Å². The topological polar surface area (TPSA) is 64.6 Å². The smallest absolute Gasteiger partial charge is 0.306 e. The maximum Gasteiger partial charge on any atom is 0.306 e. The number of esters is 1. The predicted molar refractivity (Wildman–Crippen MR) is 65.5 cm³/mol. The average molecular weight is 249 g/mol. The number of hydrogen-bond donors (Lipinski definition) is 1. The summed E-state index contributed by atoms with van der Waals surface area (Å²) in [4.78, 5) is 23.1. The highest BCUT2D eigenvalue weighted by atomic mass is 16.5. The van der Waals surface area contributed by atoms with Crippen LogP contribution in [0.3, 0.4) is 0 Å². The fraction of sp³-hybridized carbons (Fsp3) is 0.385. The number of amides is 1. The van der Waals surface area contributed by atoms with Crippen LogP contribution >= 0.6 is 0 Å². The van der Waals surface area contributed by atoms with Crippen LogP contribution in [0.25, 0.3) is 0 Å². The molecule has 1 N–H and O–H groups in total. The maximum absolute atomic E-state index is 11.8. The lowest BCUT2D eigenvalue weighted by molar-refractivity contribution is -0.143. The molecule has 1 atom stereocenters. The van der Waals surface area contributed by atoms with Crippen molar-refractivity contribution < 1.29 is 19.1 Å². The Morgan fingerprint density at radius 2 is 2.22 bits per heavy atom. The molecule has 2 rings (SSSR count). The molecule has 0 bridgehead atoms. The molecule has 1 aromatic rings. The molecule has 1 unspecified atom stereocenters. The Kier molecular flexibility index (Phi) is 3.50. The maximum atomic E-state index is 11.8. The third-order valence-corrected chi connectivity index (χ3v) is 3.05. The van der Waals surface area contributed by atoms with Crippen LogP contribution in [0.4, 0.5) is 5.69 Å². The molecule has 1 aliphatic rings. The average Bonchev–Trinajstić information content (AvgIpc) is 2.38. The summed E-state index contributed by atoms with van der Waals surface area (Å²) < 4.78 is 9.69. The number of anilines is 1. The second kappa shape index (κ2) is 5.08. The monoisotopic (exact) mass is 249 g/mol. The van der Waals surface area contributed by atoms with E-state index in [0.717, 1.165) is 11.3 Å². The Morgan fingerprint density at radius 1 is 1.44 bits per heavy atom. The number of carbonyl (C=O) groups excluding carboxylic acids is 2. The van der Waals surface area contributed by atoms with E-state index >= 15 is 0 Å². The van der Waals surface area contributed by atoms with Gasteiger partial charge in [0.05, 0.1) is 26.6 Å². The Balaban J connectivity index is 2.18. The Morgan fingerprint density at radius 3 is 2.89 bits per heavy atom. The van der Waals surface area contributed by atoms with E-state index < -0.39 is 0 Å². The molecular weight excluding hydrogens is 234 g/mol. The molecule has 1 amide bonds. The fourth-order valence-corrected chi connectivity index (χ4v) is 2.02. The second-order valence-electron chi connectivity index (χ2n) is 4.19. The number of fused-ring (bicyclic) bond motifs is 1. The summed E-state index contributed by atoms with van der Waals surface area (Å²) in [5.74, 6) is -0.188. The largest absolute Gasteiger partial charge is 0.497 e. The highest BCUT2D eigenvalue weighted by Crippen LogP contribution is 2.30. The van der Waals surface area contributed by atoms with Gasteiger partial charge in [-0.25, -0.2) is 0 Å². The van der Waals surface area contributed by atoms with Gasteiger partial charge < -0.3 is 14.8 Å². The van der Waals surface area contributed by atoms with Crippen LogP contribution in [0.2, 0.25) is 0 Å². The molecule has 0 fully saturated rings. The molecule has 0 saturated carbocycles. The molecule has 1 aliphatic heterocycles. The van der Waals surface area contributed by atoms with Crippen molar-refractivity contribution in [2.24, 2.45) is 5.92 Å². The first-order valence-electron chi connectivity index (χ1n) is 5.68. The zero-order valence-electron chi connectivity index (χ0n) is 10.4. The number of nitrogens with one attached hydrogen (secondary N) is 1. The molecule has 5 heteroatoms. The van der Waals surface area contributed by atoms with Crippen molar-refractivity contribution in [3.63, 3.8) is 0 Å². The summed E-state index contributed by atoms with van der Waals surface area (Å²) in [5, 5.41) is 2.79. The van der Waals surface area contributed by atoms with Crippen molar-refractivity contribution in [2.75, 3.05) is 19.5 Å². The number of rotatable bonds is 3. The normalized spacial score (nSPS) is 17.7. The van der Waals surface area contributed by atoms with Gasteiger partial charge in [0.1, 0.15) is 5.75 Å². The molecule has 5 nitrogen and oxygen atoms in total. The second-order valence-corrected chi connectivity index (χ2v) is 4.19. The summed E-state index contributed by atoms with van der Waals surface area (Å²) in [5.41, 5.74) is 1.75. The molecule has 1 heterocycles. The molecule has 0 radical (unpaired) electrons. The fourth-order valence-electron chi connectivity index (χ4n) is 2.02. The molecule has 0 aromatic heterocycles. The van der Waals surface area contributed by atoms with E-state index in [4.69, 9.17) is 4.74 Å². The summed E-state index contributed by atoms with van der Waals surface area (Å²) in [6, 6.07) is 5.52. The van der Waals surface area contributed by atoms with Gasteiger partial charge in [-0.05, 0) is 18.1 Å². The third-order valence-electron chi connectivity index (χ3n) is 3.05. The van der Waals surface area contributed by atoms with E-state index in [2.05, 4.69) is 10.1 Å². The van der Waals surface area contributed by atoms with Gasteiger partial charge in [-0.1, -0.05) is 6.07 Å². The molecule has 1 aromatic carbocycles. The molecule has 0 saturated heterocycles. The molecule has 0 aliphatic carbocycles. The number of methoxy groups -OCH3 is 2. The van der Waals surface area contributed by atoms with E-state index in [0.29, 0.717) is 12.2 Å². The summed E-state index contributed by atoms with van der Waals surface area (Å²) in [7, 11) is 2.90. The van der Waals surface area contributed by atoms with Crippen molar-refractivity contribution in [1.29, 1.82) is 0 Å². The van der Waals surface area contributed by atoms with Gasteiger partial charge in [0, 0.05) is 11.8 Å². The predicted octanol–water partition coefficient (Wildman–Crippen LogP) is 1.37. The molecule has 18 heavy (non-hydrogen) atoms. The van der Waals surface area contributed by atoms with E-state index in [9.17, 15) is 9.59 Å². The van der Waals surface area contributed by atoms with Crippen LogP contribution in [0.5, 0.6) is 5.75 Å². The van der Waals surface area contributed by atoms with Crippen molar-refractivity contribution >= 4 is 17.6 Å². The van der Waals surface area contributed by atoms with Crippen molar-refractivity contribution in [3.05, 3.63) is 23.8 Å². The lowest BCUT2D eigenvalue weighted by Gasteiger charge is -2.24. The number of benzene rings is 1.